The summed E-state index contributed by atoms with van der Waals surface area (Å²) in [7, 11) is 1.74. The maximum Gasteiger partial charge on any atom is 0.0746 e. The van der Waals surface area contributed by atoms with E-state index in [-0.39, 0.29) is 5.60 Å². The highest BCUT2D eigenvalue weighted by Crippen LogP contribution is 2.22. The Hall–Kier alpha value is 0.100. The molecule has 1 rings (SSSR count). The minimum Gasteiger partial charge on any atom is -0.377 e. The molecule has 0 saturated heterocycles. The Balaban J connectivity index is 2.32. The van der Waals surface area contributed by atoms with Gasteiger partial charge in [-0.1, -0.05) is 0 Å². The number of methoxy groups -OCH3 is 1. The van der Waals surface area contributed by atoms with Crippen molar-refractivity contribution in [1.29, 1.82) is 0 Å². The molecule has 2 nitrogen and oxygen atoms in total. The first kappa shape index (κ1) is 12.2. The third kappa shape index (κ3) is 3.69. The lowest BCUT2D eigenvalue weighted by Gasteiger charge is -2.23. The standard InChI is InChI=1S/C10H16BrNOS/c1-10(2,13-3)7-12-6-9-8(11)4-5-14-9/h4-5,12H,6-7H2,1-3H3. The van der Waals surface area contributed by atoms with Crippen LogP contribution >= 0.6 is 27.3 Å². The van der Waals surface area contributed by atoms with E-state index in [1.54, 1.807) is 18.4 Å². The molecule has 0 radical (unpaired) electrons. The zero-order chi connectivity index (χ0) is 10.6. The molecule has 1 N–H and O–H groups in total. The number of thiophene rings is 1. The van der Waals surface area contributed by atoms with E-state index in [0.29, 0.717) is 0 Å². The van der Waals surface area contributed by atoms with Crippen molar-refractivity contribution < 1.29 is 4.74 Å². The summed E-state index contributed by atoms with van der Waals surface area (Å²) in [6.45, 7) is 5.89. The molecule has 0 fully saturated rings. The van der Waals surface area contributed by atoms with Gasteiger partial charge in [0.2, 0.25) is 0 Å². The minimum absolute atomic E-state index is 0.0935. The van der Waals surface area contributed by atoms with Gasteiger partial charge in [0.05, 0.1) is 5.60 Å². The summed E-state index contributed by atoms with van der Waals surface area (Å²) < 4.78 is 6.50. The molecular formula is C10H16BrNOS. The van der Waals surface area contributed by atoms with Crippen molar-refractivity contribution in [3.05, 3.63) is 20.8 Å². The monoisotopic (exact) mass is 277 g/mol. The second kappa shape index (κ2) is 5.26. The molecule has 0 atom stereocenters. The molecule has 0 unspecified atom stereocenters. The highest BCUT2D eigenvalue weighted by Gasteiger charge is 2.15. The van der Waals surface area contributed by atoms with Gasteiger partial charge in [0.1, 0.15) is 0 Å². The van der Waals surface area contributed by atoms with Crippen LogP contribution in [0.3, 0.4) is 0 Å². The average Bonchev–Trinajstić information content (AvgIpc) is 2.52. The van der Waals surface area contributed by atoms with E-state index in [1.165, 1.54) is 9.35 Å². The zero-order valence-corrected chi connectivity index (χ0v) is 11.2. The van der Waals surface area contributed by atoms with Crippen molar-refractivity contribution in [3.63, 3.8) is 0 Å². The second-order valence-corrected chi connectivity index (χ2v) is 5.61. The molecule has 14 heavy (non-hydrogen) atoms. The van der Waals surface area contributed by atoms with E-state index in [4.69, 9.17) is 4.74 Å². The van der Waals surface area contributed by atoms with Crippen LogP contribution in [-0.2, 0) is 11.3 Å². The van der Waals surface area contributed by atoms with Gasteiger partial charge in [-0.15, -0.1) is 11.3 Å². The number of hydrogen-bond acceptors (Lipinski definition) is 3. The summed E-state index contributed by atoms with van der Waals surface area (Å²) >= 11 is 5.26. The van der Waals surface area contributed by atoms with Crippen molar-refractivity contribution in [2.75, 3.05) is 13.7 Å². The number of rotatable bonds is 5. The molecule has 0 aliphatic heterocycles. The van der Waals surface area contributed by atoms with Gasteiger partial charge in [0.15, 0.2) is 0 Å². The average molecular weight is 278 g/mol. The first-order valence-corrected chi connectivity index (χ1v) is 6.20. The van der Waals surface area contributed by atoms with Gasteiger partial charge in [-0.25, -0.2) is 0 Å². The lowest BCUT2D eigenvalue weighted by Crippen LogP contribution is -2.36. The van der Waals surface area contributed by atoms with E-state index in [0.717, 1.165) is 13.1 Å². The maximum absolute atomic E-state index is 5.32. The third-order valence-corrected chi connectivity index (χ3v) is 4.01. The lowest BCUT2D eigenvalue weighted by atomic mass is 10.1. The van der Waals surface area contributed by atoms with Crippen LogP contribution in [0.1, 0.15) is 18.7 Å². The Labute approximate surface area is 97.8 Å². The Bertz CT molecular complexity index is 285. The van der Waals surface area contributed by atoms with Crippen LogP contribution in [-0.4, -0.2) is 19.3 Å². The van der Waals surface area contributed by atoms with Gasteiger partial charge < -0.3 is 10.1 Å². The van der Waals surface area contributed by atoms with Gasteiger partial charge in [-0.05, 0) is 41.2 Å². The highest BCUT2D eigenvalue weighted by atomic mass is 79.9. The van der Waals surface area contributed by atoms with Crippen LogP contribution in [0.2, 0.25) is 0 Å². The SMILES string of the molecule is COC(C)(C)CNCc1sccc1Br. The molecule has 0 aliphatic rings. The molecule has 0 amide bonds. The van der Waals surface area contributed by atoms with Crippen LogP contribution in [0, 0.1) is 0 Å². The van der Waals surface area contributed by atoms with Gasteiger partial charge in [0.25, 0.3) is 0 Å². The fourth-order valence-corrected chi connectivity index (χ4v) is 2.46. The van der Waals surface area contributed by atoms with E-state index in [1.807, 2.05) is 0 Å². The Kier molecular flexibility index (Phi) is 4.57. The first-order chi connectivity index (χ1) is 6.55. The highest BCUT2D eigenvalue weighted by molar-refractivity contribution is 9.10. The summed E-state index contributed by atoms with van der Waals surface area (Å²) in [5, 5.41) is 5.46. The van der Waals surface area contributed by atoms with Crippen molar-refractivity contribution in [3.8, 4) is 0 Å². The third-order valence-electron chi connectivity index (χ3n) is 2.08. The normalized spacial score (nSPS) is 12.0. The quantitative estimate of drug-likeness (QED) is 0.894. The Morgan fingerprint density at radius 3 is 2.79 bits per heavy atom. The summed E-state index contributed by atoms with van der Waals surface area (Å²) in [6, 6.07) is 2.07. The van der Waals surface area contributed by atoms with Crippen molar-refractivity contribution in [2.24, 2.45) is 0 Å². The fraction of sp³-hybridized carbons (Fsp3) is 0.600. The predicted octanol–water partition coefficient (Wildman–Crippen LogP) is 3.03. The lowest BCUT2D eigenvalue weighted by molar-refractivity contribution is 0.0231. The number of nitrogens with one attached hydrogen (secondary N) is 1. The number of halogens is 1. The number of ether oxygens (including phenoxy) is 1. The van der Waals surface area contributed by atoms with Crippen molar-refractivity contribution >= 4 is 27.3 Å². The molecule has 0 spiro atoms. The van der Waals surface area contributed by atoms with Gasteiger partial charge >= 0.3 is 0 Å². The van der Waals surface area contributed by atoms with Crippen LogP contribution in [0.4, 0.5) is 0 Å². The van der Waals surface area contributed by atoms with Crippen LogP contribution in [0.5, 0.6) is 0 Å². The zero-order valence-electron chi connectivity index (χ0n) is 8.76. The van der Waals surface area contributed by atoms with Gasteiger partial charge in [-0.3, -0.25) is 0 Å². The van der Waals surface area contributed by atoms with Crippen LogP contribution in [0.25, 0.3) is 0 Å². The van der Waals surface area contributed by atoms with Gasteiger partial charge in [-0.2, -0.15) is 0 Å². The van der Waals surface area contributed by atoms with Crippen molar-refractivity contribution in [2.45, 2.75) is 26.0 Å². The smallest absolute Gasteiger partial charge is 0.0746 e. The summed E-state index contributed by atoms with van der Waals surface area (Å²) in [5.41, 5.74) is -0.0935. The summed E-state index contributed by atoms with van der Waals surface area (Å²) in [5.74, 6) is 0. The van der Waals surface area contributed by atoms with E-state index in [9.17, 15) is 0 Å². The summed E-state index contributed by atoms with van der Waals surface area (Å²) in [6.07, 6.45) is 0. The topological polar surface area (TPSA) is 21.3 Å². The largest absolute Gasteiger partial charge is 0.377 e. The molecular weight excluding hydrogens is 262 g/mol. The van der Waals surface area contributed by atoms with Gasteiger partial charge in [0, 0.05) is 29.5 Å². The van der Waals surface area contributed by atoms with E-state index in [2.05, 4.69) is 46.5 Å². The number of hydrogen-bond donors (Lipinski definition) is 1. The van der Waals surface area contributed by atoms with Crippen LogP contribution in [0.15, 0.2) is 15.9 Å². The molecule has 0 bridgehead atoms. The fourth-order valence-electron chi connectivity index (χ4n) is 1.00. The first-order valence-electron chi connectivity index (χ1n) is 4.53. The minimum atomic E-state index is -0.0935. The predicted molar refractivity (Wildman–Crippen MR) is 64.8 cm³/mol. The van der Waals surface area contributed by atoms with Crippen LogP contribution < -0.4 is 5.32 Å². The molecule has 4 heteroatoms. The second-order valence-electron chi connectivity index (χ2n) is 3.76. The molecule has 0 saturated carbocycles. The molecule has 1 aromatic heterocycles. The maximum atomic E-state index is 5.32. The Morgan fingerprint density at radius 1 is 1.57 bits per heavy atom. The molecule has 1 aromatic rings. The van der Waals surface area contributed by atoms with E-state index < -0.39 is 0 Å². The van der Waals surface area contributed by atoms with E-state index >= 15 is 0 Å². The molecule has 80 valence electrons. The molecule has 1 heterocycles. The van der Waals surface area contributed by atoms with Crippen molar-refractivity contribution in [1.82, 2.24) is 5.32 Å². The summed E-state index contributed by atoms with van der Waals surface area (Å²) in [4.78, 5) is 1.33. The molecule has 0 aliphatic carbocycles. The molecule has 0 aromatic carbocycles. The Morgan fingerprint density at radius 2 is 2.29 bits per heavy atom.